The Bertz CT molecular complexity index is 599. The normalized spacial score (nSPS) is 10.2. The van der Waals surface area contributed by atoms with Gasteiger partial charge in [0.15, 0.2) is 0 Å². The summed E-state index contributed by atoms with van der Waals surface area (Å²) in [6.45, 7) is 0.350. The molecule has 5 nitrogen and oxygen atoms in total. The third kappa shape index (κ3) is 3.45. The molecule has 0 aliphatic rings. The Morgan fingerprint density at radius 2 is 2.00 bits per heavy atom. The predicted octanol–water partition coefficient (Wildman–Crippen LogP) is 2.10. The number of benzene rings is 1. The molecule has 19 heavy (non-hydrogen) atoms. The van der Waals surface area contributed by atoms with E-state index in [1.54, 1.807) is 0 Å². The molecule has 0 aliphatic carbocycles. The molecule has 0 saturated carbocycles. The van der Waals surface area contributed by atoms with Gasteiger partial charge in [-0.05, 0) is 17.7 Å². The van der Waals surface area contributed by atoms with Gasteiger partial charge in [-0.3, -0.25) is 4.79 Å². The molecule has 1 aromatic carbocycles. The number of carbonyl (C=O) groups excluding carboxylic acids is 1. The quantitative estimate of drug-likeness (QED) is 0.902. The summed E-state index contributed by atoms with van der Waals surface area (Å²) in [4.78, 5) is 15.1. The molecule has 1 heterocycles. The van der Waals surface area contributed by atoms with Crippen LogP contribution < -0.4 is 16.2 Å². The average molecular weight is 322 g/mol. The lowest BCUT2D eigenvalue weighted by atomic mass is 10.2. The number of hydrogen-bond donors (Lipinski definition) is 2. The number of hydrogen-bond acceptors (Lipinski definition) is 4. The van der Waals surface area contributed by atoms with Crippen LogP contribution in [0.25, 0.3) is 0 Å². The van der Waals surface area contributed by atoms with Gasteiger partial charge in [-0.2, -0.15) is 0 Å². The number of amides is 1. The highest BCUT2D eigenvalue weighted by molar-refractivity contribution is 9.10. The molecule has 0 fully saturated rings. The molecule has 0 saturated heterocycles. The second-order valence-electron chi connectivity index (χ2n) is 3.89. The van der Waals surface area contributed by atoms with E-state index in [-0.39, 0.29) is 11.3 Å². The fourth-order valence-electron chi connectivity index (χ4n) is 1.48. The Labute approximate surface area is 118 Å². The van der Waals surface area contributed by atoms with Crippen LogP contribution in [-0.4, -0.2) is 10.9 Å². The minimum Gasteiger partial charge on any atom is -0.473 e. The van der Waals surface area contributed by atoms with E-state index in [0.717, 1.165) is 10.0 Å². The standard InChI is InChI=1S/C13H12BrN3O2/c14-9-3-1-8(2-4-9)7-19-12-5-10(13(16)18)11(15)6-17-12/h1-6H,7,15H2,(H2,16,18). The van der Waals surface area contributed by atoms with Gasteiger partial charge in [0.1, 0.15) is 6.61 Å². The Morgan fingerprint density at radius 1 is 1.32 bits per heavy atom. The molecule has 1 aromatic heterocycles. The summed E-state index contributed by atoms with van der Waals surface area (Å²) in [6, 6.07) is 9.14. The summed E-state index contributed by atoms with van der Waals surface area (Å²) in [6.07, 6.45) is 1.36. The number of ether oxygens (including phenoxy) is 1. The van der Waals surface area contributed by atoms with Crippen LogP contribution in [-0.2, 0) is 6.61 Å². The maximum atomic E-state index is 11.1. The smallest absolute Gasteiger partial charge is 0.251 e. The van der Waals surface area contributed by atoms with Gasteiger partial charge in [0, 0.05) is 10.5 Å². The first-order valence-corrected chi connectivity index (χ1v) is 6.28. The van der Waals surface area contributed by atoms with Crippen molar-refractivity contribution >= 4 is 27.5 Å². The van der Waals surface area contributed by atoms with Gasteiger partial charge >= 0.3 is 0 Å². The van der Waals surface area contributed by atoms with Crippen LogP contribution in [0.4, 0.5) is 5.69 Å². The van der Waals surface area contributed by atoms with Crippen LogP contribution in [0, 0.1) is 0 Å². The van der Waals surface area contributed by atoms with Gasteiger partial charge in [-0.1, -0.05) is 28.1 Å². The lowest BCUT2D eigenvalue weighted by Crippen LogP contribution is -2.14. The predicted molar refractivity (Wildman–Crippen MR) is 75.6 cm³/mol. The molecule has 0 aliphatic heterocycles. The van der Waals surface area contributed by atoms with E-state index in [2.05, 4.69) is 20.9 Å². The van der Waals surface area contributed by atoms with Crippen molar-refractivity contribution in [3.8, 4) is 5.88 Å². The zero-order valence-electron chi connectivity index (χ0n) is 9.97. The van der Waals surface area contributed by atoms with Gasteiger partial charge in [0.05, 0.1) is 17.4 Å². The molecule has 2 rings (SSSR count). The molecule has 0 unspecified atom stereocenters. The van der Waals surface area contributed by atoms with Crippen molar-refractivity contribution in [1.82, 2.24) is 4.98 Å². The Morgan fingerprint density at radius 3 is 2.63 bits per heavy atom. The number of pyridine rings is 1. The second-order valence-corrected chi connectivity index (χ2v) is 4.80. The van der Waals surface area contributed by atoms with Crippen LogP contribution in [0.15, 0.2) is 41.0 Å². The Balaban J connectivity index is 2.09. The van der Waals surface area contributed by atoms with E-state index in [4.69, 9.17) is 16.2 Å². The zero-order valence-corrected chi connectivity index (χ0v) is 11.6. The fraction of sp³-hybridized carbons (Fsp3) is 0.0769. The van der Waals surface area contributed by atoms with Crippen molar-refractivity contribution in [3.05, 3.63) is 52.1 Å². The molecule has 1 amide bonds. The maximum Gasteiger partial charge on any atom is 0.251 e. The fourth-order valence-corrected chi connectivity index (χ4v) is 1.74. The molecule has 98 valence electrons. The van der Waals surface area contributed by atoms with Gasteiger partial charge in [-0.15, -0.1) is 0 Å². The largest absolute Gasteiger partial charge is 0.473 e. The average Bonchev–Trinajstić information content (AvgIpc) is 2.39. The number of anilines is 1. The summed E-state index contributed by atoms with van der Waals surface area (Å²) in [5.74, 6) is -0.292. The van der Waals surface area contributed by atoms with Gasteiger partial charge in [0.25, 0.3) is 5.91 Å². The highest BCUT2D eigenvalue weighted by atomic mass is 79.9. The van der Waals surface area contributed by atoms with E-state index in [9.17, 15) is 4.79 Å². The highest BCUT2D eigenvalue weighted by Crippen LogP contribution is 2.17. The second kappa shape index (κ2) is 5.71. The van der Waals surface area contributed by atoms with Crippen LogP contribution >= 0.6 is 15.9 Å². The minimum atomic E-state index is -0.603. The van der Waals surface area contributed by atoms with Crippen LogP contribution in [0.2, 0.25) is 0 Å². The van der Waals surface area contributed by atoms with Crippen molar-refractivity contribution in [2.75, 3.05) is 5.73 Å². The topological polar surface area (TPSA) is 91.2 Å². The van der Waals surface area contributed by atoms with Crippen LogP contribution in [0.5, 0.6) is 5.88 Å². The Kier molecular flexibility index (Phi) is 4.01. The lowest BCUT2D eigenvalue weighted by molar-refractivity contribution is 0.100. The molecule has 2 aromatic rings. The molecule has 0 spiro atoms. The van der Waals surface area contributed by atoms with Crippen molar-refractivity contribution in [2.45, 2.75) is 6.61 Å². The van der Waals surface area contributed by atoms with Gasteiger partial charge in [0.2, 0.25) is 5.88 Å². The number of primary amides is 1. The highest BCUT2D eigenvalue weighted by Gasteiger charge is 2.08. The number of nitrogens with two attached hydrogens (primary N) is 2. The first-order chi connectivity index (χ1) is 9.06. The van der Waals surface area contributed by atoms with Crippen molar-refractivity contribution < 1.29 is 9.53 Å². The first kappa shape index (κ1) is 13.4. The van der Waals surface area contributed by atoms with Gasteiger partial charge < -0.3 is 16.2 Å². The number of rotatable bonds is 4. The summed E-state index contributed by atoms with van der Waals surface area (Å²) in [5, 5.41) is 0. The number of halogens is 1. The van der Waals surface area contributed by atoms with E-state index in [1.807, 2.05) is 24.3 Å². The van der Waals surface area contributed by atoms with Crippen molar-refractivity contribution in [2.24, 2.45) is 5.73 Å². The SMILES string of the molecule is NC(=O)c1cc(OCc2ccc(Br)cc2)ncc1N. The molecule has 0 atom stereocenters. The monoisotopic (exact) mass is 321 g/mol. The van der Waals surface area contributed by atoms with E-state index in [0.29, 0.717) is 12.5 Å². The first-order valence-electron chi connectivity index (χ1n) is 5.49. The van der Waals surface area contributed by atoms with Crippen LogP contribution in [0.3, 0.4) is 0 Å². The lowest BCUT2D eigenvalue weighted by Gasteiger charge is -2.07. The molecule has 4 N–H and O–H groups in total. The zero-order chi connectivity index (χ0) is 13.8. The number of nitrogens with zero attached hydrogens (tertiary/aromatic N) is 1. The third-order valence-electron chi connectivity index (χ3n) is 2.48. The summed E-state index contributed by atoms with van der Waals surface area (Å²) in [5.41, 5.74) is 12.2. The summed E-state index contributed by atoms with van der Waals surface area (Å²) >= 11 is 3.36. The number of aromatic nitrogens is 1. The molecule has 6 heteroatoms. The van der Waals surface area contributed by atoms with Crippen molar-refractivity contribution in [1.29, 1.82) is 0 Å². The van der Waals surface area contributed by atoms with E-state index in [1.165, 1.54) is 12.3 Å². The minimum absolute atomic E-state index is 0.209. The van der Waals surface area contributed by atoms with E-state index < -0.39 is 5.91 Å². The van der Waals surface area contributed by atoms with E-state index >= 15 is 0 Å². The van der Waals surface area contributed by atoms with Gasteiger partial charge in [-0.25, -0.2) is 4.98 Å². The van der Waals surface area contributed by atoms with Crippen LogP contribution in [0.1, 0.15) is 15.9 Å². The third-order valence-corrected chi connectivity index (χ3v) is 3.00. The number of carbonyl (C=O) groups is 1. The molecule has 0 bridgehead atoms. The maximum absolute atomic E-state index is 11.1. The number of nitrogen functional groups attached to an aromatic ring is 1. The van der Waals surface area contributed by atoms with Crippen molar-refractivity contribution in [3.63, 3.8) is 0 Å². The molecule has 0 radical (unpaired) electrons. The molecular formula is C13H12BrN3O2. The Hall–Kier alpha value is -2.08. The summed E-state index contributed by atoms with van der Waals surface area (Å²) < 4.78 is 6.49. The summed E-state index contributed by atoms with van der Waals surface area (Å²) in [7, 11) is 0. The molecular weight excluding hydrogens is 310 g/mol.